The first-order chi connectivity index (χ1) is 9.02. The Morgan fingerprint density at radius 3 is 2.84 bits per heavy atom. The van der Waals surface area contributed by atoms with Crippen LogP contribution in [0.5, 0.6) is 0 Å². The summed E-state index contributed by atoms with van der Waals surface area (Å²) in [4.78, 5) is 11.1. The van der Waals surface area contributed by atoms with Gasteiger partial charge in [0.2, 0.25) is 0 Å². The Morgan fingerprint density at radius 1 is 1.47 bits per heavy atom. The molecular formula is C13H13ClN2O3. The van der Waals surface area contributed by atoms with Gasteiger partial charge in [-0.2, -0.15) is 5.10 Å². The van der Waals surface area contributed by atoms with E-state index in [4.69, 9.17) is 21.8 Å². The highest BCUT2D eigenvalue weighted by molar-refractivity contribution is 6.32. The van der Waals surface area contributed by atoms with E-state index < -0.39 is 5.97 Å². The number of halogens is 1. The second-order valence-corrected chi connectivity index (χ2v) is 4.59. The number of rotatable bonds is 4. The van der Waals surface area contributed by atoms with Crippen molar-refractivity contribution in [3.8, 4) is 5.69 Å². The highest BCUT2D eigenvalue weighted by Gasteiger charge is 2.17. The molecule has 2 N–H and O–H groups in total. The molecule has 5 nitrogen and oxygen atoms in total. The second kappa shape index (κ2) is 5.42. The van der Waals surface area contributed by atoms with E-state index in [0.29, 0.717) is 16.3 Å². The summed E-state index contributed by atoms with van der Waals surface area (Å²) in [5.74, 6) is -1.12. The molecule has 0 fully saturated rings. The van der Waals surface area contributed by atoms with Crippen LogP contribution in [0, 0.1) is 6.92 Å². The van der Waals surface area contributed by atoms with Crippen molar-refractivity contribution in [2.45, 2.75) is 13.3 Å². The maximum atomic E-state index is 11.1. The Balaban J connectivity index is 2.53. The number of carboxylic acids is 1. The first kappa shape index (κ1) is 13.6. The first-order valence-electron chi connectivity index (χ1n) is 5.72. The van der Waals surface area contributed by atoms with Gasteiger partial charge in [-0.05, 0) is 31.0 Å². The number of hydrogen-bond donors (Lipinski definition) is 2. The normalized spacial score (nSPS) is 10.7. The van der Waals surface area contributed by atoms with Crippen molar-refractivity contribution in [1.82, 2.24) is 9.78 Å². The number of aryl methyl sites for hydroxylation is 1. The van der Waals surface area contributed by atoms with Crippen LogP contribution in [0.25, 0.3) is 5.69 Å². The predicted octanol–water partition coefficient (Wildman–Crippen LogP) is 2.07. The van der Waals surface area contributed by atoms with Crippen LogP contribution in [-0.2, 0) is 6.42 Å². The zero-order chi connectivity index (χ0) is 14.0. The van der Waals surface area contributed by atoms with Crippen LogP contribution in [0.3, 0.4) is 0 Å². The number of aromatic nitrogens is 2. The molecule has 6 heteroatoms. The van der Waals surface area contributed by atoms with E-state index in [1.807, 2.05) is 19.1 Å². The Hall–Kier alpha value is -1.85. The Kier molecular flexibility index (Phi) is 3.87. The largest absolute Gasteiger partial charge is 0.476 e. The van der Waals surface area contributed by atoms with E-state index in [1.54, 1.807) is 12.3 Å². The quantitative estimate of drug-likeness (QED) is 0.899. The van der Waals surface area contributed by atoms with Crippen molar-refractivity contribution in [2.24, 2.45) is 0 Å². The highest BCUT2D eigenvalue weighted by Crippen LogP contribution is 2.22. The Labute approximate surface area is 115 Å². The molecule has 0 atom stereocenters. The van der Waals surface area contributed by atoms with Crippen LogP contribution in [0.2, 0.25) is 5.02 Å². The fourth-order valence-electron chi connectivity index (χ4n) is 1.81. The maximum absolute atomic E-state index is 11.1. The lowest BCUT2D eigenvalue weighted by Crippen LogP contribution is -2.04. The molecule has 0 bridgehead atoms. The molecule has 0 radical (unpaired) electrons. The molecule has 0 aliphatic heterocycles. The SMILES string of the molecule is Cc1ccc(Cl)c(-n2cc(CCO)c(C(=O)O)n2)c1. The standard InChI is InChI=1S/C13H13ClN2O3/c1-8-2-3-10(14)11(6-8)16-7-9(4-5-17)12(15-16)13(18)19/h2-3,6-7,17H,4-5H2,1H3,(H,18,19). The number of aliphatic hydroxyl groups excluding tert-OH is 1. The number of nitrogens with zero attached hydrogens (tertiary/aromatic N) is 2. The average Bonchev–Trinajstić information content (AvgIpc) is 2.77. The predicted molar refractivity (Wildman–Crippen MR) is 71.1 cm³/mol. The molecule has 1 aromatic heterocycles. The van der Waals surface area contributed by atoms with Crippen LogP contribution in [-0.4, -0.2) is 32.6 Å². The summed E-state index contributed by atoms with van der Waals surface area (Å²) in [7, 11) is 0. The fourth-order valence-corrected chi connectivity index (χ4v) is 2.02. The molecule has 19 heavy (non-hydrogen) atoms. The van der Waals surface area contributed by atoms with Gasteiger partial charge in [0.25, 0.3) is 0 Å². The van der Waals surface area contributed by atoms with Crippen LogP contribution in [0.1, 0.15) is 21.6 Å². The lowest BCUT2D eigenvalue weighted by Gasteiger charge is -2.05. The topological polar surface area (TPSA) is 75.4 Å². The van der Waals surface area contributed by atoms with Gasteiger partial charge in [-0.25, -0.2) is 9.48 Å². The first-order valence-corrected chi connectivity index (χ1v) is 6.10. The Bertz CT molecular complexity index is 622. The fraction of sp³-hybridized carbons (Fsp3) is 0.231. The molecular weight excluding hydrogens is 268 g/mol. The van der Waals surface area contributed by atoms with Crippen molar-refractivity contribution in [3.63, 3.8) is 0 Å². The van der Waals surface area contributed by atoms with Gasteiger partial charge in [0.15, 0.2) is 5.69 Å². The van der Waals surface area contributed by atoms with Crippen molar-refractivity contribution in [1.29, 1.82) is 0 Å². The molecule has 2 rings (SSSR count). The maximum Gasteiger partial charge on any atom is 0.356 e. The van der Waals surface area contributed by atoms with E-state index in [2.05, 4.69) is 5.10 Å². The molecule has 2 aromatic rings. The van der Waals surface area contributed by atoms with Crippen molar-refractivity contribution in [3.05, 3.63) is 46.2 Å². The number of hydrogen-bond acceptors (Lipinski definition) is 3. The van der Waals surface area contributed by atoms with E-state index >= 15 is 0 Å². The minimum absolute atomic E-state index is 0.0633. The van der Waals surface area contributed by atoms with Gasteiger partial charge in [-0.1, -0.05) is 17.7 Å². The van der Waals surface area contributed by atoms with Crippen LogP contribution in [0.15, 0.2) is 24.4 Å². The third-order valence-electron chi connectivity index (χ3n) is 2.72. The van der Waals surface area contributed by atoms with Crippen molar-refractivity contribution < 1.29 is 15.0 Å². The van der Waals surface area contributed by atoms with Gasteiger partial charge >= 0.3 is 5.97 Å². The number of carbonyl (C=O) groups is 1. The average molecular weight is 281 g/mol. The Morgan fingerprint density at radius 2 is 2.21 bits per heavy atom. The summed E-state index contributed by atoms with van der Waals surface area (Å²) in [5, 5.41) is 22.5. The number of carboxylic acid groups (broad SMARTS) is 1. The summed E-state index contributed by atoms with van der Waals surface area (Å²) < 4.78 is 1.43. The monoisotopic (exact) mass is 280 g/mol. The third kappa shape index (κ3) is 2.77. The molecule has 0 spiro atoms. The number of benzene rings is 1. The molecule has 1 heterocycles. The van der Waals surface area contributed by atoms with Gasteiger partial charge < -0.3 is 10.2 Å². The van der Waals surface area contributed by atoms with Gasteiger partial charge in [-0.15, -0.1) is 0 Å². The molecule has 0 saturated heterocycles. The van der Waals surface area contributed by atoms with Crippen molar-refractivity contribution in [2.75, 3.05) is 6.61 Å². The zero-order valence-corrected chi connectivity index (χ0v) is 11.1. The van der Waals surface area contributed by atoms with Crippen LogP contribution >= 0.6 is 11.6 Å². The van der Waals surface area contributed by atoms with Gasteiger partial charge in [0, 0.05) is 18.4 Å². The summed E-state index contributed by atoms with van der Waals surface area (Å²) >= 11 is 6.09. The lowest BCUT2D eigenvalue weighted by molar-refractivity contribution is 0.0688. The molecule has 100 valence electrons. The summed E-state index contributed by atoms with van der Waals surface area (Å²) in [5.41, 5.74) is 2.03. The van der Waals surface area contributed by atoms with E-state index in [-0.39, 0.29) is 18.7 Å². The molecule has 0 unspecified atom stereocenters. The highest BCUT2D eigenvalue weighted by atomic mass is 35.5. The third-order valence-corrected chi connectivity index (χ3v) is 3.04. The molecule has 0 saturated carbocycles. The minimum Gasteiger partial charge on any atom is -0.476 e. The minimum atomic E-state index is -1.12. The van der Waals surface area contributed by atoms with Crippen LogP contribution in [0.4, 0.5) is 0 Å². The smallest absolute Gasteiger partial charge is 0.356 e. The van der Waals surface area contributed by atoms with Crippen LogP contribution < -0.4 is 0 Å². The summed E-state index contributed by atoms with van der Waals surface area (Å²) in [6.45, 7) is 1.78. The number of aromatic carboxylic acids is 1. The molecule has 1 aromatic carbocycles. The van der Waals surface area contributed by atoms with E-state index in [1.165, 1.54) is 4.68 Å². The summed E-state index contributed by atoms with van der Waals surface area (Å²) in [6, 6.07) is 5.42. The molecule has 0 aliphatic rings. The van der Waals surface area contributed by atoms with Crippen molar-refractivity contribution >= 4 is 17.6 Å². The van der Waals surface area contributed by atoms with Gasteiger partial charge in [0.1, 0.15) is 0 Å². The zero-order valence-electron chi connectivity index (χ0n) is 10.3. The number of aliphatic hydroxyl groups is 1. The molecule has 0 aliphatic carbocycles. The summed E-state index contributed by atoms with van der Waals surface area (Å²) in [6.07, 6.45) is 1.82. The van der Waals surface area contributed by atoms with Gasteiger partial charge in [0.05, 0.1) is 10.7 Å². The second-order valence-electron chi connectivity index (χ2n) is 4.18. The van der Waals surface area contributed by atoms with Gasteiger partial charge in [-0.3, -0.25) is 0 Å². The van der Waals surface area contributed by atoms with E-state index in [9.17, 15) is 4.79 Å². The van der Waals surface area contributed by atoms with E-state index in [0.717, 1.165) is 5.56 Å². The lowest BCUT2D eigenvalue weighted by atomic mass is 10.2. The molecule has 0 amide bonds.